The number of hydrazone groups is 1. The van der Waals surface area contributed by atoms with Gasteiger partial charge in [0.2, 0.25) is 0 Å². The highest BCUT2D eigenvalue weighted by atomic mass is 15.5. The molecule has 3 rings (SSSR count). The molecule has 0 unspecified atom stereocenters. The van der Waals surface area contributed by atoms with Gasteiger partial charge >= 0.3 is 0 Å². The van der Waals surface area contributed by atoms with E-state index < -0.39 is 0 Å². The maximum atomic E-state index is 4.82. The average molecular weight is 338 g/mol. The smallest absolute Gasteiger partial charge is 0.0685 e. The number of piperidine rings is 1. The number of aromatic nitrogens is 2. The van der Waals surface area contributed by atoms with Gasteiger partial charge in [-0.2, -0.15) is 10.2 Å². The lowest BCUT2D eigenvalue weighted by Crippen LogP contribution is -2.39. The largest absolute Gasteiger partial charge is 0.292 e. The van der Waals surface area contributed by atoms with Gasteiger partial charge in [0.1, 0.15) is 0 Å². The van der Waals surface area contributed by atoms with Crippen molar-refractivity contribution in [1.82, 2.24) is 14.8 Å². The van der Waals surface area contributed by atoms with E-state index in [1.54, 1.807) is 0 Å². The molecule has 1 aromatic carbocycles. The van der Waals surface area contributed by atoms with Gasteiger partial charge in [0.05, 0.1) is 18.5 Å². The average Bonchev–Trinajstić information content (AvgIpc) is 2.83. The number of benzene rings is 1. The van der Waals surface area contributed by atoms with Crippen LogP contribution < -0.4 is 0 Å². The quantitative estimate of drug-likeness (QED) is 0.772. The van der Waals surface area contributed by atoms with Gasteiger partial charge in [-0.15, -0.1) is 0 Å². The zero-order valence-corrected chi connectivity index (χ0v) is 16.2. The Morgan fingerprint density at radius 3 is 2.36 bits per heavy atom. The molecule has 134 valence electrons. The maximum absolute atomic E-state index is 4.82. The molecule has 2 atom stereocenters. The van der Waals surface area contributed by atoms with Gasteiger partial charge in [-0.1, -0.05) is 29.8 Å². The highest BCUT2D eigenvalue weighted by Gasteiger charge is 2.23. The van der Waals surface area contributed by atoms with Gasteiger partial charge in [-0.05, 0) is 59.4 Å². The van der Waals surface area contributed by atoms with Crippen LogP contribution in [0.1, 0.15) is 61.2 Å². The predicted molar refractivity (Wildman–Crippen MR) is 104 cm³/mol. The number of rotatable bonds is 4. The second-order valence-electron chi connectivity index (χ2n) is 7.48. The third-order valence-corrected chi connectivity index (χ3v) is 5.36. The second-order valence-corrected chi connectivity index (χ2v) is 7.48. The van der Waals surface area contributed by atoms with E-state index in [1.807, 2.05) is 6.21 Å². The summed E-state index contributed by atoms with van der Waals surface area (Å²) in [5, 5.41) is 11.8. The van der Waals surface area contributed by atoms with Crippen molar-refractivity contribution in [1.29, 1.82) is 0 Å². The van der Waals surface area contributed by atoms with Crippen LogP contribution >= 0.6 is 0 Å². The van der Waals surface area contributed by atoms with Crippen LogP contribution in [-0.4, -0.2) is 33.1 Å². The molecule has 0 saturated carbocycles. The van der Waals surface area contributed by atoms with Crippen LogP contribution in [0.15, 0.2) is 29.4 Å². The summed E-state index contributed by atoms with van der Waals surface area (Å²) in [7, 11) is 0. The molecular formula is C21H30N4. The molecule has 2 aromatic rings. The number of aryl methyl sites for hydroxylation is 2. The van der Waals surface area contributed by atoms with E-state index in [-0.39, 0.29) is 0 Å². The summed E-state index contributed by atoms with van der Waals surface area (Å²) in [6.45, 7) is 11.7. The third kappa shape index (κ3) is 3.94. The fourth-order valence-corrected chi connectivity index (χ4v) is 3.68. The van der Waals surface area contributed by atoms with Gasteiger partial charge < -0.3 is 0 Å². The molecule has 1 aromatic heterocycles. The molecule has 0 amide bonds. The van der Waals surface area contributed by atoms with Crippen molar-refractivity contribution in [3.63, 3.8) is 0 Å². The minimum absolute atomic E-state index is 0.517. The number of hydrogen-bond acceptors (Lipinski definition) is 3. The third-order valence-electron chi connectivity index (χ3n) is 5.36. The minimum atomic E-state index is 0.517. The summed E-state index contributed by atoms with van der Waals surface area (Å²) in [5.74, 6) is 0. The first-order valence-corrected chi connectivity index (χ1v) is 9.37. The lowest BCUT2D eigenvalue weighted by molar-refractivity contribution is 0.109. The molecule has 1 fully saturated rings. The molecule has 0 bridgehead atoms. The topological polar surface area (TPSA) is 33.4 Å². The molecule has 0 aliphatic carbocycles. The van der Waals surface area contributed by atoms with Gasteiger partial charge in [-0.25, -0.2) is 0 Å². The highest BCUT2D eigenvalue weighted by Crippen LogP contribution is 2.23. The molecular weight excluding hydrogens is 308 g/mol. The van der Waals surface area contributed by atoms with Gasteiger partial charge in [0, 0.05) is 23.3 Å². The zero-order valence-electron chi connectivity index (χ0n) is 16.2. The molecule has 0 radical (unpaired) electrons. The first kappa shape index (κ1) is 17.7. The molecule has 0 N–H and O–H groups in total. The summed E-state index contributed by atoms with van der Waals surface area (Å²) in [5.41, 5.74) is 5.94. The standard InChI is InChI=1S/C21H30N4/c1-15-9-11-20(12-10-15)14-24-19(5)21(18(4)23-24)13-22-25-16(2)7-6-8-17(25)3/h9-13,16-17H,6-8,14H2,1-5H3/b22-13-/t16-,17+. The van der Waals surface area contributed by atoms with Crippen molar-refractivity contribution in [2.24, 2.45) is 5.10 Å². The summed E-state index contributed by atoms with van der Waals surface area (Å²) in [4.78, 5) is 0. The molecule has 0 spiro atoms. The fourth-order valence-electron chi connectivity index (χ4n) is 3.68. The van der Waals surface area contributed by atoms with Crippen LogP contribution in [0.4, 0.5) is 0 Å². The van der Waals surface area contributed by atoms with Gasteiger partial charge in [0.25, 0.3) is 0 Å². The normalized spacial score (nSPS) is 21.2. The van der Waals surface area contributed by atoms with Crippen molar-refractivity contribution in [3.05, 3.63) is 52.3 Å². The summed E-state index contributed by atoms with van der Waals surface area (Å²) in [6.07, 6.45) is 5.78. The fraction of sp³-hybridized carbons (Fsp3) is 0.524. The molecule has 1 aliphatic rings. The monoisotopic (exact) mass is 338 g/mol. The van der Waals surface area contributed by atoms with E-state index in [0.717, 1.165) is 17.8 Å². The maximum Gasteiger partial charge on any atom is 0.0685 e. The lowest BCUT2D eigenvalue weighted by atomic mass is 10.00. The summed E-state index contributed by atoms with van der Waals surface area (Å²) in [6, 6.07) is 9.70. The Morgan fingerprint density at radius 2 is 1.72 bits per heavy atom. The first-order chi connectivity index (χ1) is 12.0. The van der Waals surface area contributed by atoms with E-state index in [9.17, 15) is 0 Å². The first-order valence-electron chi connectivity index (χ1n) is 9.37. The summed E-state index contributed by atoms with van der Waals surface area (Å²) >= 11 is 0. The second kappa shape index (κ2) is 7.42. The SMILES string of the molecule is Cc1ccc(Cn2nc(C)c(/C=N\N3[C@H](C)CCC[C@@H]3C)c2C)cc1. The van der Waals surface area contributed by atoms with E-state index in [4.69, 9.17) is 10.2 Å². The molecule has 25 heavy (non-hydrogen) atoms. The molecule has 1 aliphatic heterocycles. The molecule has 4 heteroatoms. The van der Waals surface area contributed by atoms with Crippen LogP contribution in [-0.2, 0) is 6.54 Å². The Hall–Kier alpha value is -2.10. The Balaban J connectivity index is 1.79. The molecule has 1 saturated heterocycles. The predicted octanol–water partition coefficient (Wildman–Crippen LogP) is 4.45. The summed E-state index contributed by atoms with van der Waals surface area (Å²) < 4.78 is 2.09. The number of nitrogens with zero attached hydrogens (tertiary/aromatic N) is 4. The minimum Gasteiger partial charge on any atom is -0.292 e. The van der Waals surface area contributed by atoms with E-state index in [0.29, 0.717) is 12.1 Å². The lowest BCUT2D eigenvalue weighted by Gasteiger charge is -2.36. The van der Waals surface area contributed by atoms with E-state index in [2.05, 4.69) is 68.6 Å². The highest BCUT2D eigenvalue weighted by molar-refractivity contribution is 5.82. The molecule has 4 nitrogen and oxygen atoms in total. The Bertz CT molecular complexity index is 732. The van der Waals surface area contributed by atoms with Crippen LogP contribution in [0.3, 0.4) is 0 Å². The Morgan fingerprint density at radius 1 is 1.08 bits per heavy atom. The van der Waals surface area contributed by atoms with Crippen LogP contribution in [0, 0.1) is 20.8 Å². The molecule has 2 heterocycles. The van der Waals surface area contributed by atoms with E-state index in [1.165, 1.54) is 36.1 Å². The van der Waals surface area contributed by atoms with E-state index >= 15 is 0 Å². The zero-order chi connectivity index (χ0) is 18.0. The Kier molecular flexibility index (Phi) is 5.26. The Labute approximate surface area is 151 Å². The van der Waals surface area contributed by atoms with Gasteiger partial charge in [0.15, 0.2) is 0 Å². The number of hydrogen-bond donors (Lipinski definition) is 0. The van der Waals surface area contributed by atoms with Crippen molar-refractivity contribution in [2.45, 2.75) is 72.5 Å². The van der Waals surface area contributed by atoms with Crippen molar-refractivity contribution in [2.75, 3.05) is 0 Å². The van der Waals surface area contributed by atoms with Crippen LogP contribution in [0.2, 0.25) is 0 Å². The van der Waals surface area contributed by atoms with Crippen molar-refractivity contribution in [3.8, 4) is 0 Å². The van der Waals surface area contributed by atoms with Crippen LogP contribution in [0.25, 0.3) is 0 Å². The van der Waals surface area contributed by atoms with Crippen molar-refractivity contribution < 1.29 is 0 Å². The van der Waals surface area contributed by atoms with Gasteiger partial charge in [-0.3, -0.25) is 9.69 Å². The van der Waals surface area contributed by atoms with Crippen molar-refractivity contribution >= 4 is 6.21 Å². The van der Waals surface area contributed by atoms with Crippen LogP contribution in [0.5, 0.6) is 0 Å².